The Morgan fingerprint density at radius 2 is 2.04 bits per heavy atom. The molecule has 3 aromatic rings. The van der Waals surface area contributed by atoms with Crippen molar-refractivity contribution in [1.29, 1.82) is 0 Å². The van der Waals surface area contributed by atoms with Crippen molar-refractivity contribution in [3.63, 3.8) is 0 Å². The number of hydrogen-bond acceptors (Lipinski definition) is 5. The minimum absolute atomic E-state index is 0.00635. The predicted octanol–water partition coefficient (Wildman–Crippen LogP) is 4.90. The van der Waals surface area contributed by atoms with Crippen molar-refractivity contribution in [3.8, 4) is 11.3 Å². The summed E-state index contributed by atoms with van der Waals surface area (Å²) in [6, 6.07) is 14.5. The number of nitrogens with one attached hydrogen (secondary N) is 1. The predicted molar refractivity (Wildman–Crippen MR) is 103 cm³/mol. The van der Waals surface area contributed by atoms with Crippen LogP contribution in [-0.2, 0) is 16.2 Å². The number of benzene rings is 2. The van der Waals surface area contributed by atoms with Crippen LogP contribution in [0.3, 0.4) is 0 Å². The molecule has 0 aliphatic heterocycles. The van der Waals surface area contributed by atoms with Gasteiger partial charge in [-0.15, -0.1) is 0 Å². The van der Waals surface area contributed by atoms with Crippen LogP contribution in [0.15, 0.2) is 68.8 Å². The average molecular weight is 435 g/mol. The van der Waals surface area contributed by atoms with Crippen LogP contribution in [0, 0.1) is 0 Å². The maximum absolute atomic E-state index is 11.8. The first-order chi connectivity index (χ1) is 12.6. The van der Waals surface area contributed by atoms with Gasteiger partial charge in [0.25, 0.3) is 5.91 Å². The van der Waals surface area contributed by atoms with Crippen molar-refractivity contribution in [2.75, 3.05) is 5.32 Å². The molecule has 0 aliphatic carbocycles. The molecule has 0 spiro atoms. The number of anilines is 1. The molecule has 8 heteroatoms. The highest BCUT2D eigenvalue weighted by Gasteiger charge is 2.07. The highest BCUT2D eigenvalue weighted by atomic mass is 79.9. The second kappa shape index (κ2) is 8.64. The van der Waals surface area contributed by atoms with E-state index in [-0.39, 0.29) is 6.61 Å². The summed E-state index contributed by atoms with van der Waals surface area (Å²) in [7, 11) is 0. The van der Waals surface area contributed by atoms with E-state index in [1.54, 1.807) is 24.4 Å². The standard InChI is InChI=1S/C18H13BrClN3O3/c19-14-3-1-2-4-15(14)23-17(24)10-22-25-11-18-21-9-16(26-18)12-5-7-13(20)8-6-12/h1-10H,11H2,(H,23,24)/b22-10+. The van der Waals surface area contributed by atoms with Gasteiger partial charge in [-0.3, -0.25) is 4.79 Å². The highest BCUT2D eigenvalue weighted by Crippen LogP contribution is 2.23. The van der Waals surface area contributed by atoms with E-state index in [1.165, 1.54) is 0 Å². The van der Waals surface area contributed by atoms with Gasteiger partial charge < -0.3 is 14.6 Å². The first-order valence-electron chi connectivity index (χ1n) is 7.53. The summed E-state index contributed by atoms with van der Waals surface area (Å²) in [5, 5.41) is 6.94. The Kier molecular flexibility index (Phi) is 6.04. The second-order valence-corrected chi connectivity index (χ2v) is 6.39. The van der Waals surface area contributed by atoms with E-state index < -0.39 is 5.91 Å². The highest BCUT2D eigenvalue weighted by molar-refractivity contribution is 9.10. The van der Waals surface area contributed by atoms with Gasteiger partial charge in [0.15, 0.2) is 12.4 Å². The van der Waals surface area contributed by atoms with Gasteiger partial charge in [-0.2, -0.15) is 0 Å². The van der Waals surface area contributed by atoms with E-state index >= 15 is 0 Å². The van der Waals surface area contributed by atoms with E-state index in [1.807, 2.05) is 30.3 Å². The zero-order valence-corrected chi connectivity index (χ0v) is 15.7. The number of nitrogens with zero attached hydrogens (tertiary/aromatic N) is 2. The summed E-state index contributed by atoms with van der Waals surface area (Å²) in [5.74, 6) is 0.528. The fourth-order valence-electron chi connectivity index (χ4n) is 2.03. The molecular formula is C18H13BrClN3O3. The number of carbonyl (C=O) groups excluding carboxylic acids is 1. The number of oxime groups is 1. The smallest absolute Gasteiger partial charge is 0.270 e. The number of para-hydroxylation sites is 1. The molecule has 3 rings (SSSR count). The third-order valence-electron chi connectivity index (χ3n) is 3.25. The van der Waals surface area contributed by atoms with Gasteiger partial charge in [0, 0.05) is 15.1 Å². The molecule has 0 radical (unpaired) electrons. The van der Waals surface area contributed by atoms with E-state index in [9.17, 15) is 4.79 Å². The Bertz CT molecular complexity index is 925. The van der Waals surface area contributed by atoms with Crippen molar-refractivity contribution in [2.45, 2.75) is 6.61 Å². The maximum atomic E-state index is 11.8. The molecule has 0 saturated heterocycles. The first-order valence-corrected chi connectivity index (χ1v) is 8.70. The first kappa shape index (κ1) is 18.2. The normalized spacial score (nSPS) is 10.8. The van der Waals surface area contributed by atoms with Gasteiger partial charge in [0.05, 0.1) is 11.9 Å². The van der Waals surface area contributed by atoms with E-state index in [4.69, 9.17) is 20.9 Å². The molecule has 0 saturated carbocycles. The number of hydrogen-bond donors (Lipinski definition) is 1. The van der Waals surface area contributed by atoms with Crippen LogP contribution in [0.1, 0.15) is 5.89 Å². The van der Waals surface area contributed by atoms with E-state index in [2.05, 4.69) is 31.4 Å². The van der Waals surface area contributed by atoms with Gasteiger partial charge in [0.2, 0.25) is 5.89 Å². The van der Waals surface area contributed by atoms with Gasteiger partial charge in [0.1, 0.15) is 6.21 Å². The molecule has 132 valence electrons. The monoisotopic (exact) mass is 433 g/mol. The summed E-state index contributed by atoms with van der Waals surface area (Å²) in [5.41, 5.74) is 1.49. The minimum atomic E-state index is -0.411. The van der Waals surface area contributed by atoms with Gasteiger partial charge >= 0.3 is 0 Å². The van der Waals surface area contributed by atoms with Crippen molar-refractivity contribution in [3.05, 3.63) is 70.1 Å². The molecular weight excluding hydrogens is 422 g/mol. The Morgan fingerprint density at radius 3 is 2.81 bits per heavy atom. The quantitative estimate of drug-likeness (QED) is 0.442. The van der Waals surface area contributed by atoms with Gasteiger partial charge in [-0.1, -0.05) is 28.9 Å². The molecule has 0 fully saturated rings. The molecule has 6 nitrogen and oxygen atoms in total. The summed E-state index contributed by atoms with van der Waals surface area (Å²) in [4.78, 5) is 20.9. The zero-order chi connectivity index (χ0) is 18.4. The molecule has 0 bridgehead atoms. The van der Waals surface area contributed by atoms with Crippen LogP contribution in [0.2, 0.25) is 5.02 Å². The van der Waals surface area contributed by atoms with Crippen molar-refractivity contribution in [1.82, 2.24) is 4.98 Å². The van der Waals surface area contributed by atoms with E-state index in [0.29, 0.717) is 22.4 Å². The molecule has 1 amide bonds. The Morgan fingerprint density at radius 1 is 1.27 bits per heavy atom. The fourth-order valence-corrected chi connectivity index (χ4v) is 2.54. The summed E-state index contributed by atoms with van der Waals surface area (Å²) < 4.78 is 6.34. The minimum Gasteiger partial charge on any atom is -0.437 e. The largest absolute Gasteiger partial charge is 0.437 e. The van der Waals surface area contributed by atoms with Crippen LogP contribution < -0.4 is 5.32 Å². The van der Waals surface area contributed by atoms with Crippen molar-refractivity contribution >= 4 is 45.3 Å². The lowest BCUT2D eigenvalue weighted by atomic mass is 10.2. The number of aromatic nitrogens is 1. The third kappa shape index (κ3) is 4.93. The van der Waals surface area contributed by atoms with Crippen LogP contribution in [0.25, 0.3) is 11.3 Å². The van der Waals surface area contributed by atoms with Crippen LogP contribution in [0.5, 0.6) is 0 Å². The molecule has 1 heterocycles. The fraction of sp³-hybridized carbons (Fsp3) is 0.0556. The zero-order valence-electron chi connectivity index (χ0n) is 13.4. The number of halogens is 2. The van der Waals surface area contributed by atoms with Crippen LogP contribution >= 0.6 is 27.5 Å². The summed E-state index contributed by atoms with van der Waals surface area (Å²) in [6.45, 7) is 0.00635. The number of oxazole rings is 1. The number of rotatable bonds is 6. The average Bonchev–Trinajstić information content (AvgIpc) is 3.10. The van der Waals surface area contributed by atoms with E-state index in [0.717, 1.165) is 16.3 Å². The number of amides is 1. The van der Waals surface area contributed by atoms with Gasteiger partial charge in [-0.25, -0.2) is 4.98 Å². The number of carbonyl (C=O) groups is 1. The molecule has 0 aliphatic rings. The lowest BCUT2D eigenvalue weighted by Gasteiger charge is -2.03. The second-order valence-electron chi connectivity index (χ2n) is 5.10. The lowest BCUT2D eigenvalue weighted by Crippen LogP contribution is -2.13. The third-order valence-corrected chi connectivity index (χ3v) is 4.19. The maximum Gasteiger partial charge on any atom is 0.270 e. The Labute approximate surface area is 162 Å². The van der Waals surface area contributed by atoms with Gasteiger partial charge in [-0.05, 0) is 52.3 Å². The molecule has 1 N–H and O–H groups in total. The summed E-state index contributed by atoms with van der Waals surface area (Å²) in [6.07, 6.45) is 2.63. The Balaban J connectivity index is 1.50. The molecule has 0 unspecified atom stereocenters. The van der Waals surface area contributed by atoms with Crippen molar-refractivity contribution in [2.24, 2.45) is 5.16 Å². The summed E-state index contributed by atoms with van der Waals surface area (Å²) >= 11 is 9.20. The topological polar surface area (TPSA) is 76.7 Å². The van der Waals surface area contributed by atoms with Crippen molar-refractivity contribution < 1.29 is 14.0 Å². The molecule has 2 aromatic carbocycles. The molecule has 26 heavy (non-hydrogen) atoms. The Hall–Kier alpha value is -2.64. The molecule has 0 atom stereocenters. The van der Waals surface area contributed by atoms with Crippen LogP contribution in [-0.4, -0.2) is 17.1 Å². The molecule has 1 aromatic heterocycles. The lowest BCUT2D eigenvalue weighted by molar-refractivity contribution is -0.110. The van der Waals surface area contributed by atoms with Crippen LogP contribution in [0.4, 0.5) is 5.69 Å². The SMILES string of the molecule is O=C(/C=N/OCc1ncc(-c2ccc(Cl)cc2)o1)Nc1ccccc1Br.